The first-order valence-electron chi connectivity index (χ1n) is 8.36. The maximum Gasteiger partial charge on any atom is 0.0219 e. The first-order valence-corrected chi connectivity index (χ1v) is 9.18. The van der Waals surface area contributed by atoms with E-state index in [0.29, 0.717) is 12.1 Å². The number of nitrogens with one attached hydrogen (secondary N) is 2. The van der Waals surface area contributed by atoms with Crippen molar-refractivity contribution in [2.24, 2.45) is 0 Å². The summed E-state index contributed by atoms with van der Waals surface area (Å²) in [6.45, 7) is 10.6. The Morgan fingerprint density at radius 1 is 0.708 bits per heavy atom. The quantitative estimate of drug-likeness (QED) is 0.668. The highest BCUT2D eigenvalue weighted by molar-refractivity contribution is 7.99. The number of benzene rings is 2. The molecule has 2 nitrogen and oxygen atoms in total. The summed E-state index contributed by atoms with van der Waals surface area (Å²) in [5, 5.41) is 7.03. The zero-order chi connectivity index (χ0) is 16.7. The Morgan fingerprint density at radius 2 is 1.08 bits per heavy atom. The Bertz CT molecular complexity index is 561. The molecule has 0 saturated carbocycles. The lowest BCUT2D eigenvalue weighted by Gasteiger charge is -2.15. The fraction of sp³-hybridized carbons (Fsp3) is 0.400. The second kappa shape index (κ2) is 10.8. The summed E-state index contributed by atoms with van der Waals surface area (Å²) in [5.41, 5.74) is 2.72. The van der Waals surface area contributed by atoms with Crippen LogP contribution < -0.4 is 10.6 Å². The van der Waals surface area contributed by atoms with Crippen molar-refractivity contribution in [1.82, 2.24) is 10.6 Å². The predicted octanol–water partition coefficient (Wildman–Crippen LogP) is 5.26. The first-order chi connectivity index (χ1) is 11.1. The zero-order valence-electron chi connectivity index (χ0n) is 15.0. The molecule has 0 heterocycles. The molecular formula is C20H29ClN2S. The molecule has 0 spiro atoms. The van der Waals surface area contributed by atoms with Gasteiger partial charge in [-0.25, -0.2) is 0 Å². The van der Waals surface area contributed by atoms with Crippen LogP contribution in [0.25, 0.3) is 0 Å². The van der Waals surface area contributed by atoms with E-state index in [1.165, 1.54) is 20.9 Å². The number of rotatable bonds is 8. The zero-order valence-corrected chi connectivity index (χ0v) is 16.6. The van der Waals surface area contributed by atoms with Crippen molar-refractivity contribution in [2.75, 3.05) is 0 Å². The molecule has 2 aromatic carbocycles. The molecule has 0 saturated heterocycles. The summed E-state index contributed by atoms with van der Waals surface area (Å²) in [6.07, 6.45) is 0. The van der Waals surface area contributed by atoms with Crippen LogP contribution in [0.4, 0.5) is 0 Å². The van der Waals surface area contributed by atoms with Crippen LogP contribution in [0, 0.1) is 0 Å². The smallest absolute Gasteiger partial charge is 0.0219 e. The molecule has 24 heavy (non-hydrogen) atoms. The van der Waals surface area contributed by atoms with E-state index >= 15 is 0 Å². The molecule has 0 aliphatic rings. The van der Waals surface area contributed by atoms with Crippen LogP contribution in [0.2, 0.25) is 0 Å². The minimum atomic E-state index is 0. The van der Waals surface area contributed by atoms with Crippen molar-refractivity contribution in [3.63, 3.8) is 0 Å². The molecule has 2 aromatic rings. The van der Waals surface area contributed by atoms with Crippen LogP contribution in [0.15, 0.2) is 58.3 Å². The van der Waals surface area contributed by atoms with Crippen LogP contribution in [0.1, 0.15) is 38.8 Å². The van der Waals surface area contributed by atoms with Gasteiger partial charge < -0.3 is 10.6 Å². The average Bonchev–Trinajstić information content (AvgIpc) is 2.53. The van der Waals surface area contributed by atoms with Gasteiger partial charge in [0.15, 0.2) is 0 Å². The second-order valence-electron chi connectivity index (χ2n) is 6.39. The summed E-state index contributed by atoms with van der Waals surface area (Å²) < 4.78 is 0. The van der Waals surface area contributed by atoms with E-state index < -0.39 is 0 Å². The van der Waals surface area contributed by atoms with Crippen LogP contribution in [0.5, 0.6) is 0 Å². The Balaban J connectivity index is 0.00000288. The molecule has 2 N–H and O–H groups in total. The summed E-state index contributed by atoms with van der Waals surface area (Å²) in [7, 11) is 0. The predicted molar refractivity (Wildman–Crippen MR) is 108 cm³/mol. The number of hydrogen-bond donors (Lipinski definition) is 2. The first kappa shape index (κ1) is 21.0. The molecular weight excluding hydrogens is 336 g/mol. The van der Waals surface area contributed by atoms with Gasteiger partial charge in [-0.2, -0.15) is 0 Å². The van der Waals surface area contributed by atoms with E-state index in [1.54, 1.807) is 0 Å². The number of hydrogen-bond acceptors (Lipinski definition) is 3. The van der Waals surface area contributed by atoms with Crippen LogP contribution in [-0.4, -0.2) is 12.1 Å². The van der Waals surface area contributed by atoms with Gasteiger partial charge in [0, 0.05) is 35.0 Å². The molecule has 0 atom stereocenters. The van der Waals surface area contributed by atoms with Gasteiger partial charge in [-0.1, -0.05) is 75.9 Å². The fourth-order valence-electron chi connectivity index (χ4n) is 2.25. The third kappa shape index (κ3) is 6.86. The standard InChI is InChI=1S/C20H28N2S.ClH/c1-15(2)21-13-17-9-5-7-11-19(17)23-20-12-8-6-10-18(20)14-22-16(3)4;/h5-12,15-16,21-22H,13-14H2,1-4H3;1H. The largest absolute Gasteiger partial charge is 0.310 e. The van der Waals surface area contributed by atoms with E-state index in [9.17, 15) is 0 Å². The normalized spacial score (nSPS) is 10.9. The van der Waals surface area contributed by atoms with E-state index in [2.05, 4.69) is 86.9 Å². The highest BCUT2D eigenvalue weighted by Crippen LogP contribution is 2.32. The summed E-state index contributed by atoms with van der Waals surface area (Å²) >= 11 is 1.86. The van der Waals surface area contributed by atoms with Crippen molar-refractivity contribution < 1.29 is 0 Å². The van der Waals surface area contributed by atoms with Crippen molar-refractivity contribution in [1.29, 1.82) is 0 Å². The molecule has 0 radical (unpaired) electrons. The maximum absolute atomic E-state index is 3.52. The van der Waals surface area contributed by atoms with E-state index in [1.807, 2.05) is 11.8 Å². The van der Waals surface area contributed by atoms with Gasteiger partial charge in [0.1, 0.15) is 0 Å². The Labute approximate surface area is 157 Å². The van der Waals surface area contributed by atoms with Gasteiger partial charge in [0.05, 0.1) is 0 Å². The van der Waals surface area contributed by atoms with Crippen LogP contribution in [0.3, 0.4) is 0 Å². The van der Waals surface area contributed by atoms with Crippen molar-refractivity contribution in [3.8, 4) is 0 Å². The lowest BCUT2D eigenvalue weighted by Crippen LogP contribution is -2.22. The molecule has 132 valence electrons. The lowest BCUT2D eigenvalue weighted by atomic mass is 10.2. The van der Waals surface area contributed by atoms with Gasteiger partial charge >= 0.3 is 0 Å². The molecule has 0 fully saturated rings. The fourth-order valence-corrected chi connectivity index (χ4v) is 3.32. The van der Waals surface area contributed by atoms with Crippen LogP contribution in [-0.2, 0) is 13.1 Å². The highest BCUT2D eigenvalue weighted by Gasteiger charge is 2.08. The lowest BCUT2D eigenvalue weighted by molar-refractivity contribution is 0.584. The topological polar surface area (TPSA) is 24.1 Å². The second-order valence-corrected chi connectivity index (χ2v) is 7.47. The van der Waals surface area contributed by atoms with E-state index in [0.717, 1.165) is 13.1 Å². The van der Waals surface area contributed by atoms with Crippen molar-refractivity contribution in [2.45, 2.75) is 62.7 Å². The van der Waals surface area contributed by atoms with Gasteiger partial charge in [-0.3, -0.25) is 0 Å². The molecule has 0 unspecified atom stereocenters. The molecule has 0 aliphatic carbocycles. The highest BCUT2D eigenvalue weighted by atomic mass is 35.5. The van der Waals surface area contributed by atoms with Crippen LogP contribution >= 0.6 is 24.2 Å². The average molecular weight is 365 g/mol. The molecule has 2 rings (SSSR count). The van der Waals surface area contributed by atoms with Gasteiger partial charge in [-0.15, -0.1) is 12.4 Å². The maximum atomic E-state index is 3.52. The monoisotopic (exact) mass is 364 g/mol. The Kier molecular flexibility index (Phi) is 9.45. The van der Waals surface area contributed by atoms with Crippen molar-refractivity contribution in [3.05, 3.63) is 59.7 Å². The molecule has 0 aromatic heterocycles. The van der Waals surface area contributed by atoms with Gasteiger partial charge in [0.2, 0.25) is 0 Å². The summed E-state index contributed by atoms with van der Waals surface area (Å²) in [5.74, 6) is 0. The van der Waals surface area contributed by atoms with Gasteiger partial charge in [-0.05, 0) is 23.3 Å². The Morgan fingerprint density at radius 3 is 1.46 bits per heavy atom. The third-order valence-electron chi connectivity index (χ3n) is 3.57. The van der Waals surface area contributed by atoms with E-state index in [4.69, 9.17) is 0 Å². The minimum Gasteiger partial charge on any atom is -0.310 e. The Hall–Kier alpha value is -1.00. The van der Waals surface area contributed by atoms with Gasteiger partial charge in [0.25, 0.3) is 0 Å². The molecule has 4 heteroatoms. The summed E-state index contributed by atoms with van der Waals surface area (Å²) in [4.78, 5) is 2.66. The molecule has 0 amide bonds. The SMILES string of the molecule is CC(C)NCc1ccccc1Sc1ccccc1CNC(C)C.Cl. The summed E-state index contributed by atoms with van der Waals surface area (Å²) in [6, 6.07) is 18.3. The van der Waals surface area contributed by atoms with Crippen molar-refractivity contribution >= 4 is 24.2 Å². The van der Waals surface area contributed by atoms with E-state index in [-0.39, 0.29) is 12.4 Å². The third-order valence-corrected chi connectivity index (χ3v) is 4.80. The molecule has 0 aliphatic heterocycles. The molecule has 0 bridgehead atoms. The minimum absolute atomic E-state index is 0. The number of halogens is 1.